The highest BCUT2D eigenvalue weighted by atomic mass is 16.3. The van der Waals surface area contributed by atoms with E-state index in [4.69, 9.17) is 1.37 Å². The molecule has 2 fully saturated rings. The summed E-state index contributed by atoms with van der Waals surface area (Å²) < 4.78 is 8.03. The van der Waals surface area contributed by atoms with Crippen molar-refractivity contribution in [2.45, 2.75) is 62.8 Å². The van der Waals surface area contributed by atoms with Crippen LogP contribution in [0.3, 0.4) is 0 Å². The lowest BCUT2D eigenvalue weighted by atomic mass is 9.69. The molecule has 0 saturated carbocycles. The number of fused-ring (bicyclic) bond motifs is 2. The number of rotatable bonds is 6. The standard InChI is InChI=1S/C42H49N3O/c46-39-17-19-41-36(29-39)13-18-40(33-7-2-1-3-8-33)42(41)34-11-14-37(15-12-34)44-22-20-31(21-23-44)30-43-24-26-45(27-25-43)38-16-10-32-6-4-5-9-35(32)28-38/h1-9,11-12,14-15,17,19,29,31,38,40,42,46H,10,13,16,18,20-28,30H2/t38-,40-,42+/m1/s1/i5D. The molecular formula is C42H49N3O. The highest BCUT2D eigenvalue weighted by Gasteiger charge is 2.33. The van der Waals surface area contributed by atoms with Gasteiger partial charge in [-0.3, -0.25) is 4.90 Å². The van der Waals surface area contributed by atoms with Crippen molar-refractivity contribution in [2.24, 2.45) is 5.92 Å². The molecule has 0 aromatic heterocycles. The average molecular weight is 613 g/mol. The van der Waals surface area contributed by atoms with Crippen molar-refractivity contribution in [3.63, 3.8) is 0 Å². The van der Waals surface area contributed by atoms with Crippen molar-refractivity contribution in [1.29, 1.82) is 0 Å². The van der Waals surface area contributed by atoms with E-state index >= 15 is 0 Å². The van der Waals surface area contributed by atoms with Gasteiger partial charge in [0.1, 0.15) is 5.75 Å². The molecule has 0 radical (unpaired) electrons. The second-order valence-corrected chi connectivity index (χ2v) is 14.4. The molecule has 4 aliphatic rings. The van der Waals surface area contributed by atoms with Crippen molar-refractivity contribution >= 4 is 5.69 Å². The maximum absolute atomic E-state index is 10.2. The van der Waals surface area contributed by atoms with E-state index in [0.717, 1.165) is 44.7 Å². The molecule has 4 aromatic rings. The number of hydrogen-bond acceptors (Lipinski definition) is 4. The fourth-order valence-corrected chi connectivity index (χ4v) is 9.14. The zero-order chi connectivity index (χ0) is 31.7. The number of aryl methyl sites for hydroxylation is 2. The molecule has 2 heterocycles. The maximum Gasteiger partial charge on any atom is 0.115 e. The molecule has 8 rings (SSSR count). The SMILES string of the molecule is [2H]c1ccc2c(c1)C[C@H](N1CCN(CC3CCN(c4ccc([C@@H]5c6ccc(O)cc6CC[C@@H]5c5ccccc5)cc4)CC3)CC1)CC2. The number of hydrogen-bond donors (Lipinski definition) is 1. The monoisotopic (exact) mass is 612 g/mol. The number of nitrogens with zero attached hydrogens (tertiary/aromatic N) is 3. The van der Waals surface area contributed by atoms with Gasteiger partial charge in [-0.2, -0.15) is 0 Å². The summed E-state index contributed by atoms with van der Waals surface area (Å²) in [6.07, 6.45) is 8.18. The fourth-order valence-electron chi connectivity index (χ4n) is 9.14. The molecule has 1 N–H and O–H groups in total. The molecule has 0 bridgehead atoms. The number of phenols is 1. The lowest BCUT2D eigenvalue weighted by molar-refractivity contribution is 0.0774. The quantitative estimate of drug-likeness (QED) is 0.242. The molecule has 2 aliphatic heterocycles. The van der Waals surface area contributed by atoms with Gasteiger partial charge in [-0.1, -0.05) is 72.8 Å². The number of aromatic hydroxyl groups is 1. The Balaban J connectivity index is 0.859. The Morgan fingerprint density at radius 2 is 1.46 bits per heavy atom. The van der Waals surface area contributed by atoms with Crippen LogP contribution in [0.5, 0.6) is 5.75 Å². The van der Waals surface area contributed by atoms with Crippen molar-refractivity contribution in [3.8, 4) is 5.75 Å². The Bertz CT molecular complexity index is 1660. The third-order valence-electron chi connectivity index (χ3n) is 11.7. The van der Waals surface area contributed by atoms with Gasteiger partial charge in [0, 0.05) is 63.5 Å². The second kappa shape index (κ2) is 13.3. The van der Waals surface area contributed by atoms with Gasteiger partial charge in [0.05, 0.1) is 1.37 Å². The van der Waals surface area contributed by atoms with Gasteiger partial charge in [0.15, 0.2) is 0 Å². The fraction of sp³-hybridized carbons (Fsp3) is 0.429. The summed E-state index contributed by atoms with van der Waals surface area (Å²) in [7, 11) is 0. The topological polar surface area (TPSA) is 30.0 Å². The first kappa shape index (κ1) is 28.6. The van der Waals surface area contributed by atoms with Crippen LogP contribution >= 0.6 is 0 Å². The van der Waals surface area contributed by atoms with Crippen LogP contribution in [-0.4, -0.2) is 66.8 Å². The highest BCUT2D eigenvalue weighted by Crippen LogP contribution is 2.47. The minimum absolute atomic E-state index is 0.298. The van der Waals surface area contributed by atoms with Crippen LogP contribution in [-0.2, 0) is 19.3 Å². The van der Waals surface area contributed by atoms with Gasteiger partial charge in [0.25, 0.3) is 0 Å². The summed E-state index contributed by atoms with van der Waals surface area (Å²) in [5.74, 6) is 1.90. The number of piperazine rings is 1. The van der Waals surface area contributed by atoms with Gasteiger partial charge in [-0.05, 0) is 114 Å². The summed E-state index contributed by atoms with van der Waals surface area (Å²) in [6, 6.07) is 34.0. The molecule has 0 unspecified atom stereocenters. The maximum atomic E-state index is 10.2. The molecule has 4 heteroatoms. The van der Waals surface area contributed by atoms with Gasteiger partial charge in [-0.15, -0.1) is 0 Å². The van der Waals surface area contributed by atoms with Gasteiger partial charge in [-0.25, -0.2) is 0 Å². The normalized spacial score (nSPS) is 24.7. The van der Waals surface area contributed by atoms with Crippen LogP contribution in [0.15, 0.2) is 97.0 Å². The van der Waals surface area contributed by atoms with E-state index in [1.54, 1.807) is 0 Å². The second-order valence-electron chi connectivity index (χ2n) is 14.4. The van der Waals surface area contributed by atoms with Gasteiger partial charge in [0.2, 0.25) is 0 Å². The van der Waals surface area contributed by atoms with Crippen molar-refractivity contribution in [3.05, 3.63) is 130 Å². The minimum atomic E-state index is 0.298. The van der Waals surface area contributed by atoms with Crippen LogP contribution in [0.4, 0.5) is 5.69 Å². The zero-order valence-electron chi connectivity index (χ0n) is 28.2. The number of anilines is 1. The largest absolute Gasteiger partial charge is 0.508 e. The molecule has 238 valence electrons. The lowest BCUT2D eigenvalue weighted by Crippen LogP contribution is -2.52. The minimum Gasteiger partial charge on any atom is -0.508 e. The average Bonchev–Trinajstić information content (AvgIpc) is 3.12. The Kier molecular flexibility index (Phi) is 8.24. The number of benzene rings is 4. The van der Waals surface area contributed by atoms with E-state index in [9.17, 15) is 5.11 Å². The number of phenolic OH excluding ortho intramolecular Hbond substituents is 1. The molecular weight excluding hydrogens is 562 g/mol. The summed E-state index contributed by atoms with van der Waals surface area (Å²) in [5.41, 5.74) is 9.67. The first-order chi connectivity index (χ1) is 23.1. The van der Waals surface area contributed by atoms with E-state index in [1.807, 2.05) is 18.2 Å². The zero-order valence-corrected chi connectivity index (χ0v) is 27.2. The van der Waals surface area contributed by atoms with Crippen molar-refractivity contribution in [1.82, 2.24) is 9.80 Å². The van der Waals surface area contributed by atoms with E-state index < -0.39 is 0 Å². The predicted molar refractivity (Wildman–Crippen MR) is 189 cm³/mol. The third kappa shape index (κ3) is 6.22. The first-order valence-corrected chi connectivity index (χ1v) is 17.8. The first-order valence-electron chi connectivity index (χ1n) is 18.3. The van der Waals surface area contributed by atoms with E-state index in [1.165, 1.54) is 91.1 Å². The van der Waals surface area contributed by atoms with Crippen LogP contribution in [0.25, 0.3) is 0 Å². The molecule has 0 amide bonds. The van der Waals surface area contributed by atoms with E-state index in [-0.39, 0.29) is 0 Å². The van der Waals surface area contributed by atoms with Crippen LogP contribution < -0.4 is 4.90 Å². The molecule has 2 aliphatic carbocycles. The van der Waals surface area contributed by atoms with E-state index in [0.29, 0.717) is 29.7 Å². The van der Waals surface area contributed by atoms with Crippen molar-refractivity contribution < 1.29 is 6.48 Å². The summed E-state index contributed by atoms with van der Waals surface area (Å²) in [5, 5.41) is 10.2. The van der Waals surface area contributed by atoms with E-state index in [2.05, 4.69) is 87.5 Å². The summed E-state index contributed by atoms with van der Waals surface area (Å²) >= 11 is 0. The van der Waals surface area contributed by atoms with Crippen molar-refractivity contribution in [2.75, 3.05) is 50.7 Å². The molecule has 4 aromatic carbocycles. The number of piperidine rings is 1. The Morgan fingerprint density at radius 1 is 0.674 bits per heavy atom. The molecule has 3 atom stereocenters. The highest BCUT2D eigenvalue weighted by molar-refractivity contribution is 5.52. The van der Waals surface area contributed by atoms with Gasteiger partial charge < -0.3 is 14.9 Å². The Hall–Kier alpha value is -3.60. The molecule has 0 spiro atoms. The van der Waals surface area contributed by atoms with Gasteiger partial charge >= 0.3 is 0 Å². The molecule has 2 saturated heterocycles. The third-order valence-corrected chi connectivity index (χ3v) is 11.7. The van der Waals surface area contributed by atoms with Crippen LogP contribution in [0.2, 0.25) is 0 Å². The summed E-state index contributed by atoms with van der Waals surface area (Å²) in [4.78, 5) is 8.07. The molecule has 46 heavy (non-hydrogen) atoms. The Labute approximate surface area is 277 Å². The predicted octanol–water partition coefficient (Wildman–Crippen LogP) is 7.65. The lowest BCUT2D eigenvalue weighted by Gasteiger charge is -2.43. The molecule has 4 nitrogen and oxygen atoms in total. The smallest absolute Gasteiger partial charge is 0.115 e. The summed E-state index contributed by atoms with van der Waals surface area (Å²) in [6.45, 7) is 8.28. The Morgan fingerprint density at radius 3 is 2.26 bits per heavy atom. The van der Waals surface area contributed by atoms with Crippen LogP contribution in [0.1, 0.15) is 72.3 Å². The van der Waals surface area contributed by atoms with Crippen LogP contribution in [0, 0.1) is 5.92 Å².